The van der Waals surface area contributed by atoms with Gasteiger partial charge in [-0.1, -0.05) is 12.1 Å². The molecule has 0 aliphatic carbocycles. The first kappa shape index (κ1) is 13.4. The molecule has 0 aliphatic rings. The number of nitrogens with zero attached hydrogens (tertiary/aromatic N) is 1. The highest BCUT2D eigenvalue weighted by Gasteiger charge is 2.31. The molecule has 2 aromatic rings. The first-order valence-electron chi connectivity index (χ1n) is 5.70. The first-order chi connectivity index (χ1) is 8.77. The second-order valence-corrected chi connectivity index (χ2v) is 4.46. The van der Waals surface area contributed by atoms with Gasteiger partial charge in [-0.25, -0.2) is 4.98 Å². The third-order valence-electron chi connectivity index (χ3n) is 2.98. The smallest absolute Gasteiger partial charge is 0.384 e. The maximum Gasteiger partial charge on any atom is 0.416 e. The first-order valence-corrected chi connectivity index (χ1v) is 5.70. The quantitative estimate of drug-likeness (QED) is 0.848. The van der Waals surface area contributed by atoms with Crippen molar-refractivity contribution in [2.24, 2.45) is 0 Å². The van der Waals surface area contributed by atoms with E-state index >= 15 is 0 Å². The highest BCUT2D eigenvalue weighted by molar-refractivity contribution is 5.63. The van der Waals surface area contributed by atoms with E-state index in [1.165, 1.54) is 0 Å². The predicted octanol–water partition coefficient (Wildman–Crippen LogP) is 3.97. The Morgan fingerprint density at radius 3 is 2.26 bits per heavy atom. The molecule has 1 aromatic carbocycles. The summed E-state index contributed by atoms with van der Waals surface area (Å²) >= 11 is 0. The van der Waals surface area contributed by atoms with Crippen LogP contribution in [0.4, 0.5) is 19.0 Å². The van der Waals surface area contributed by atoms with E-state index in [9.17, 15) is 13.2 Å². The topological polar surface area (TPSA) is 38.9 Å². The van der Waals surface area contributed by atoms with Crippen LogP contribution in [-0.4, -0.2) is 4.98 Å². The summed E-state index contributed by atoms with van der Waals surface area (Å²) in [5.74, 6) is -0.136. The van der Waals surface area contributed by atoms with E-state index in [-0.39, 0.29) is 11.5 Å². The molecule has 0 saturated heterocycles. The van der Waals surface area contributed by atoms with Crippen molar-refractivity contribution >= 4 is 5.82 Å². The predicted molar refractivity (Wildman–Crippen MR) is 68.6 cm³/mol. The van der Waals surface area contributed by atoms with E-state index in [4.69, 9.17) is 5.73 Å². The van der Waals surface area contributed by atoms with Gasteiger partial charge in [-0.05, 0) is 43.2 Å². The molecule has 19 heavy (non-hydrogen) atoms. The van der Waals surface area contributed by atoms with Gasteiger partial charge in [0.05, 0.1) is 11.3 Å². The Morgan fingerprint density at radius 1 is 1.00 bits per heavy atom. The molecule has 1 heterocycles. The summed E-state index contributed by atoms with van der Waals surface area (Å²) in [5.41, 5.74) is 7.59. The number of alkyl halides is 3. The van der Waals surface area contributed by atoms with Crippen molar-refractivity contribution in [3.8, 4) is 11.3 Å². The number of hydrogen-bond acceptors (Lipinski definition) is 2. The van der Waals surface area contributed by atoms with Gasteiger partial charge < -0.3 is 5.73 Å². The number of nitrogen functional groups attached to an aromatic ring is 1. The Bertz CT molecular complexity index is 619. The minimum atomic E-state index is -4.43. The van der Waals surface area contributed by atoms with Gasteiger partial charge in [-0.15, -0.1) is 0 Å². The van der Waals surface area contributed by atoms with E-state index in [0.717, 1.165) is 23.3 Å². The Morgan fingerprint density at radius 2 is 1.68 bits per heavy atom. The minimum Gasteiger partial charge on any atom is -0.384 e. The number of hydrogen-bond donors (Lipinski definition) is 1. The maximum atomic E-state index is 12.7. The van der Waals surface area contributed by atoms with Gasteiger partial charge in [0.1, 0.15) is 5.82 Å². The Balaban J connectivity index is 2.56. The summed E-state index contributed by atoms with van der Waals surface area (Å²) < 4.78 is 38.2. The van der Waals surface area contributed by atoms with Crippen LogP contribution in [0.25, 0.3) is 11.3 Å². The van der Waals surface area contributed by atoms with E-state index in [2.05, 4.69) is 4.98 Å². The van der Waals surface area contributed by atoms with Gasteiger partial charge >= 0.3 is 6.18 Å². The minimum absolute atomic E-state index is 0.136. The number of benzene rings is 1. The van der Waals surface area contributed by atoms with E-state index in [0.29, 0.717) is 5.56 Å². The number of pyridine rings is 1. The number of anilines is 1. The SMILES string of the molecule is Cc1ccc(-c2cc(C(F)(F)F)cc(N)n2)cc1C. The van der Waals surface area contributed by atoms with Crippen LogP contribution in [0, 0.1) is 13.8 Å². The van der Waals surface area contributed by atoms with Crippen molar-refractivity contribution in [2.75, 3.05) is 5.73 Å². The summed E-state index contributed by atoms with van der Waals surface area (Å²) in [6.07, 6.45) is -4.43. The molecular formula is C14H13F3N2. The Hall–Kier alpha value is -2.04. The lowest BCUT2D eigenvalue weighted by Gasteiger charge is -2.10. The molecule has 0 radical (unpaired) electrons. The molecule has 0 saturated carbocycles. The molecule has 0 amide bonds. The average molecular weight is 266 g/mol. The number of halogens is 3. The largest absolute Gasteiger partial charge is 0.416 e. The third kappa shape index (κ3) is 2.86. The molecule has 0 bridgehead atoms. The molecule has 0 unspecified atom stereocenters. The van der Waals surface area contributed by atoms with Crippen LogP contribution in [0.5, 0.6) is 0 Å². The van der Waals surface area contributed by atoms with Crippen molar-refractivity contribution in [2.45, 2.75) is 20.0 Å². The lowest BCUT2D eigenvalue weighted by Crippen LogP contribution is -2.07. The summed E-state index contributed by atoms with van der Waals surface area (Å²) in [7, 11) is 0. The normalized spacial score (nSPS) is 11.6. The van der Waals surface area contributed by atoms with Crippen molar-refractivity contribution in [3.63, 3.8) is 0 Å². The monoisotopic (exact) mass is 266 g/mol. The van der Waals surface area contributed by atoms with Gasteiger partial charge in [0.15, 0.2) is 0 Å². The van der Waals surface area contributed by atoms with Gasteiger partial charge in [0.25, 0.3) is 0 Å². The van der Waals surface area contributed by atoms with E-state index in [1.54, 1.807) is 12.1 Å². The number of aryl methyl sites for hydroxylation is 2. The maximum absolute atomic E-state index is 12.7. The van der Waals surface area contributed by atoms with Gasteiger partial charge in [0, 0.05) is 5.56 Å². The van der Waals surface area contributed by atoms with Crippen molar-refractivity contribution in [1.29, 1.82) is 0 Å². The molecule has 0 fully saturated rings. The van der Waals surface area contributed by atoms with E-state index < -0.39 is 11.7 Å². The van der Waals surface area contributed by atoms with Gasteiger partial charge in [0.2, 0.25) is 0 Å². The fourth-order valence-electron chi connectivity index (χ4n) is 1.76. The van der Waals surface area contributed by atoms with Crippen LogP contribution in [0.2, 0.25) is 0 Å². The fourth-order valence-corrected chi connectivity index (χ4v) is 1.76. The summed E-state index contributed by atoms with van der Waals surface area (Å²) in [5, 5.41) is 0. The van der Waals surface area contributed by atoms with Crippen LogP contribution in [-0.2, 0) is 6.18 Å². The highest BCUT2D eigenvalue weighted by atomic mass is 19.4. The molecule has 5 heteroatoms. The zero-order chi connectivity index (χ0) is 14.2. The standard InChI is InChI=1S/C14H13F3N2/c1-8-3-4-10(5-9(8)2)12-6-11(14(15,16)17)7-13(18)19-12/h3-7H,1-2H3,(H2,18,19). The van der Waals surface area contributed by atoms with Gasteiger partial charge in [-0.2, -0.15) is 13.2 Å². The summed E-state index contributed by atoms with van der Waals surface area (Å²) in [6.45, 7) is 3.84. The van der Waals surface area contributed by atoms with Crippen molar-refractivity contribution in [3.05, 3.63) is 47.0 Å². The third-order valence-corrected chi connectivity index (χ3v) is 2.98. The fraction of sp³-hybridized carbons (Fsp3) is 0.214. The second-order valence-electron chi connectivity index (χ2n) is 4.46. The van der Waals surface area contributed by atoms with Crippen molar-refractivity contribution in [1.82, 2.24) is 4.98 Å². The Labute approximate surface area is 109 Å². The molecule has 1 aromatic heterocycles. The molecule has 0 spiro atoms. The molecule has 0 aliphatic heterocycles. The summed E-state index contributed by atoms with van der Waals surface area (Å²) in [6, 6.07) is 7.25. The zero-order valence-electron chi connectivity index (χ0n) is 10.5. The van der Waals surface area contributed by atoms with Gasteiger partial charge in [-0.3, -0.25) is 0 Å². The summed E-state index contributed by atoms with van der Waals surface area (Å²) in [4.78, 5) is 3.97. The number of nitrogens with two attached hydrogens (primary N) is 1. The average Bonchev–Trinajstić information content (AvgIpc) is 2.31. The van der Waals surface area contributed by atoms with Crippen molar-refractivity contribution < 1.29 is 13.2 Å². The van der Waals surface area contributed by atoms with Crippen LogP contribution in [0.3, 0.4) is 0 Å². The molecular weight excluding hydrogens is 253 g/mol. The van der Waals surface area contributed by atoms with Crippen LogP contribution in [0.1, 0.15) is 16.7 Å². The zero-order valence-corrected chi connectivity index (χ0v) is 10.5. The molecule has 2 N–H and O–H groups in total. The molecule has 100 valence electrons. The van der Waals surface area contributed by atoms with E-state index in [1.807, 2.05) is 19.9 Å². The molecule has 2 nitrogen and oxygen atoms in total. The molecule has 2 rings (SSSR count). The second kappa shape index (κ2) is 4.57. The number of rotatable bonds is 1. The van der Waals surface area contributed by atoms with Crippen LogP contribution in [0.15, 0.2) is 30.3 Å². The number of aromatic nitrogens is 1. The van der Waals surface area contributed by atoms with Crippen LogP contribution < -0.4 is 5.73 Å². The Kier molecular flexibility index (Phi) is 3.22. The highest BCUT2D eigenvalue weighted by Crippen LogP contribution is 2.33. The van der Waals surface area contributed by atoms with Crippen LogP contribution >= 0.6 is 0 Å². The molecule has 0 atom stereocenters. The lowest BCUT2D eigenvalue weighted by molar-refractivity contribution is -0.137. The lowest BCUT2D eigenvalue weighted by atomic mass is 10.0.